The van der Waals surface area contributed by atoms with Crippen LogP contribution in [-0.4, -0.2) is 9.78 Å². The molecule has 120 valence electrons. The Hall–Kier alpha value is -1.77. The number of benzene rings is 1. The summed E-state index contributed by atoms with van der Waals surface area (Å²) in [5.41, 5.74) is 5.18. The molecule has 0 radical (unpaired) electrons. The molecule has 1 unspecified atom stereocenters. The SMILES string of the molecule is CCC(Nc1c(C(C)C)cccc1C(C)C)c1ccn(C)n1. The Bertz CT molecular complexity index is 585. The predicted molar refractivity (Wildman–Crippen MR) is 94.5 cm³/mol. The highest BCUT2D eigenvalue weighted by atomic mass is 15.3. The number of nitrogens with one attached hydrogen (secondary N) is 1. The molecule has 2 rings (SSSR count). The summed E-state index contributed by atoms with van der Waals surface area (Å²) < 4.78 is 1.87. The highest BCUT2D eigenvalue weighted by Gasteiger charge is 2.18. The fourth-order valence-corrected chi connectivity index (χ4v) is 2.90. The summed E-state index contributed by atoms with van der Waals surface area (Å²) in [7, 11) is 1.97. The van der Waals surface area contributed by atoms with Gasteiger partial charge in [0, 0.05) is 18.9 Å². The second-order valence-electron chi connectivity index (χ2n) is 6.64. The van der Waals surface area contributed by atoms with E-state index in [-0.39, 0.29) is 6.04 Å². The summed E-state index contributed by atoms with van der Waals surface area (Å²) in [5, 5.41) is 8.36. The molecule has 0 aliphatic rings. The number of para-hydroxylation sites is 1. The van der Waals surface area contributed by atoms with Crippen molar-refractivity contribution in [2.45, 2.75) is 58.9 Å². The van der Waals surface area contributed by atoms with Gasteiger partial charge in [-0.3, -0.25) is 4.68 Å². The monoisotopic (exact) mass is 299 g/mol. The normalized spacial score (nSPS) is 12.9. The van der Waals surface area contributed by atoms with Gasteiger partial charge in [0.25, 0.3) is 0 Å². The average molecular weight is 299 g/mol. The lowest BCUT2D eigenvalue weighted by Gasteiger charge is -2.25. The fourth-order valence-electron chi connectivity index (χ4n) is 2.90. The standard InChI is InChI=1S/C19H29N3/c1-7-17(18-11-12-22(6)21-18)20-19-15(13(2)3)9-8-10-16(19)14(4)5/h8-14,17,20H,7H2,1-6H3. The predicted octanol–water partition coefficient (Wildman–Crippen LogP) is 5.23. The molecule has 2 aromatic rings. The second kappa shape index (κ2) is 6.99. The molecule has 1 aromatic heterocycles. The molecule has 1 heterocycles. The Morgan fingerprint density at radius 2 is 1.64 bits per heavy atom. The van der Waals surface area contributed by atoms with Gasteiger partial charge in [-0.1, -0.05) is 52.8 Å². The van der Waals surface area contributed by atoms with Crippen molar-refractivity contribution in [3.63, 3.8) is 0 Å². The lowest BCUT2D eigenvalue weighted by Crippen LogP contribution is -2.14. The Morgan fingerprint density at radius 3 is 2.05 bits per heavy atom. The molecule has 0 spiro atoms. The second-order valence-corrected chi connectivity index (χ2v) is 6.64. The molecule has 0 aliphatic heterocycles. The quantitative estimate of drug-likeness (QED) is 0.791. The van der Waals surface area contributed by atoms with E-state index in [1.54, 1.807) is 0 Å². The number of hydrogen-bond acceptors (Lipinski definition) is 2. The van der Waals surface area contributed by atoms with Gasteiger partial charge < -0.3 is 5.32 Å². The number of anilines is 1. The van der Waals surface area contributed by atoms with Gasteiger partial charge in [-0.05, 0) is 35.4 Å². The van der Waals surface area contributed by atoms with Crippen LogP contribution in [0.2, 0.25) is 0 Å². The van der Waals surface area contributed by atoms with E-state index in [1.807, 2.05) is 17.9 Å². The van der Waals surface area contributed by atoms with Gasteiger partial charge in [0.05, 0.1) is 11.7 Å². The van der Waals surface area contributed by atoms with Crippen molar-refractivity contribution >= 4 is 5.69 Å². The van der Waals surface area contributed by atoms with Gasteiger partial charge in [0.15, 0.2) is 0 Å². The maximum Gasteiger partial charge on any atom is 0.0846 e. The van der Waals surface area contributed by atoms with E-state index in [9.17, 15) is 0 Å². The number of rotatable bonds is 6. The first kappa shape index (κ1) is 16.6. The van der Waals surface area contributed by atoms with Crippen molar-refractivity contribution in [2.24, 2.45) is 7.05 Å². The van der Waals surface area contributed by atoms with Crippen LogP contribution in [0.1, 0.15) is 75.7 Å². The highest BCUT2D eigenvalue weighted by molar-refractivity contribution is 5.61. The summed E-state index contributed by atoms with van der Waals surface area (Å²) >= 11 is 0. The Balaban J connectivity index is 2.41. The summed E-state index contributed by atoms with van der Waals surface area (Å²) in [4.78, 5) is 0. The van der Waals surface area contributed by atoms with E-state index in [4.69, 9.17) is 0 Å². The minimum Gasteiger partial charge on any atom is -0.376 e. The van der Waals surface area contributed by atoms with Crippen molar-refractivity contribution in [3.05, 3.63) is 47.3 Å². The molecule has 0 amide bonds. The van der Waals surface area contributed by atoms with Crippen LogP contribution in [0.25, 0.3) is 0 Å². The zero-order chi connectivity index (χ0) is 16.3. The van der Waals surface area contributed by atoms with Crippen LogP contribution >= 0.6 is 0 Å². The number of aromatic nitrogens is 2. The van der Waals surface area contributed by atoms with Gasteiger partial charge in [-0.15, -0.1) is 0 Å². The summed E-state index contributed by atoms with van der Waals surface area (Å²) in [6, 6.07) is 9.01. The third-order valence-corrected chi connectivity index (χ3v) is 4.19. The smallest absolute Gasteiger partial charge is 0.0846 e. The van der Waals surface area contributed by atoms with E-state index < -0.39 is 0 Å². The average Bonchev–Trinajstić information content (AvgIpc) is 2.90. The van der Waals surface area contributed by atoms with Crippen LogP contribution < -0.4 is 5.32 Å². The molecule has 0 saturated carbocycles. The first-order valence-electron chi connectivity index (χ1n) is 8.32. The molecule has 0 aliphatic carbocycles. The first-order chi connectivity index (χ1) is 10.4. The van der Waals surface area contributed by atoms with Crippen molar-refractivity contribution < 1.29 is 0 Å². The Kier molecular flexibility index (Phi) is 5.28. The van der Waals surface area contributed by atoms with Crippen LogP contribution in [0.5, 0.6) is 0 Å². The maximum atomic E-state index is 4.58. The topological polar surface area (TPSA) is 29.9 Å². The van der Waals surface area contributed by atoms with Crippen LogP contribution in [0.15, 0.2) is 30.5 Å². The van der Waals surface area contributed by atoms with Crippen LogP contribution in [-0.2, 0) is 7.05 Å². The molecule has 1 aromatic carbocycles. The van der Waals surface area contributed by atoms with Crippen molar-refractivity contribution in [1.82, 2.24) is 9.78 Å². The van der Waals surface area contributed by atoms with Gasteiger partial charge in [0.1, 0.15) is 0 Å². The zero-order valence-electron chi connectivity index (χ0n) is 14.7. The molecule has 22 heavy (non-hydrogen) atoms. The molecular formula is C19H29N3. The van der Waals surface area contributed by atoms with E-state index in [0.717, 1.165) is 12.1 Å². The van der Waals surface area contributed by atoms with Crippen LogP contribution in [0, 0.1) is 0 Å². The molecule has 1 atom stereocenters. The fraction of sp³-hybridized carbons (Fsp3) is 0.526. The zero-order valence-corrected chi connectivity index (χ0v) is 14.7. The molecule has 3 heteroatoms. The van der Waals surface area contributed by atoms with E-state index in [0.29, 0.717) is 11.8 Å². The number of aryl methyl sites for hydroxylation is 1. The van der Waals surface area contributed by atoms with E-state index >= 15 is 0 Å². The summed E-state index contributed by atoms with van der Waals surface area (Å²) in [5.74, 6) is 1.00. The maximum absolute atomic E-state index is 4.58. The van der Waals surface area contributed by atoms with Crippen molar-refractivity contribution in [2.75, 3.05) is 5.32 Å². The minimum absolute atomic E-state index is 0.249. The highest BCUT2D eigenvalue weighted by Crippen LogP contribution is 2.35. The van der Waals surface area contributed by atoms with Gasteiger partial charge >= 0.3 is 0 Å². The van der Waals surface area contributed by atoms with Crippen molar-refractivity contribution in [1.29, 1.82) is 0 Å². The summed E-state index contributed by atoms with van der Waals surface area (Å²) in [6.45, 7) is 11.2. The third-order valence-electron chi connectivity index (χ3n) is 4.19. The molecule has 0 bridgehead atoms. The molecule has 1 N–H and O–H groups in total. The lowest BCUT2D eigenvalue weighted by atomic mass is 9.92. The minimum atomic E-state index is 0.249. The van der Waals surface area contributed by atoms with Gasteiger partial charge in [-0.25, -0.2) is 0 Å². The lowest BCUT2D eigenvalue weighted by molar-refractivity contribution is 0.671. The van der Waals surface area contributed by atoms with Crippen LogP contribution in [0.3, 0.4) is 0 Å². The van der Waals surface area contributed by atoms with Crippen molar-refractivity contribution in [3.8, 4) is 0 Å². The Labute approximate surface area is 134 Å². The van der Waals surface area contributed by atoms with E-state index in [1.165, 1.54) is 16.8 Å². The van der Waals surface area contributed by atoms with Gasteiger partial charge in [0.2, 0.25) is 0 Å². The molecular weight excluding hydrogens is 270 g/mol. The largest absolute Gasteiger partial charge is 0.376 e. The molecule has 0 saturated heterocycles. The third kappa shape index (κ3) is 3.52. The van der Waals surface area contributed by atoms with Gasteiger partial charge in [-0.2, -0.15) is 5.10 Å². The Morgan fingerprint density at radius 1 is 1.05 bits per heavy atom. The molecule has 0 fully saturated rings. The summed E-state index contributed by atoms with van der Waals surface area (Å²) in [6.07, 6.45) is 3.03. The molecule has 3 nitrogen and oxygen atoms in total. The number of hydrogen-bond donors (Lipinski definition) is 1. The van der Waals surface area contributed by atoms with E-state index in [2.05, 4.69) is 69.3 Å². The number of nitrogens with zero attached hydrogens (tertiary/aromatic N) is 2. The first-order valence-corrected chi connectivity index (χ1v) is 8.32. The van der Waals surface area contributed by atoms with Crippen LogP contribution in [0.4, 0.5) is 5.69 Å².